The van der Waals surface area contributed by atoms with E-state index < -0.39 is 5.91 Å². The lowest BCUT2D eigenvalue weighted by molar-refractivity contribution is -0.112. The Kier molecular flexibility index (Phi) is 10.0. The van der Waals surface area contributed by atoms with Gasteiger partial charge in [-0.25, -0.2) is 0 Å². The number of rotatable bonds is 9. The Hall–Kier alpha value is -3.07. The molecule has 0 atom stereocenters. The zero-order valence-electron chi connectivity index (χ0n) is 20.0. The Bertz CT molecular complexity index is 1460. The summed E-state index contributed by atoms with van der Waals surface area (Å²) >= 11 is 10.3. The maximum atomic E-state index is 12.8. The van der Waals surface area contributed by atoms with E-state index in [1.54, 1.807) is 30.3 Å². The molecule has 0 saturated heterocycles. The first-order valence-electron chi connectivity index (χ1n) is 11.5. The number of nitrogens with zero attached hydrogens (tertiary/aromatic N) is 1. The maximum Gasteiger partial charge on any atom is 0.266 e. The molecule has 1 N–H and O–H groups in total. The molecule has 0 radical (unpaired) electrons. The first-order valence-corrected chi connectivity index (χ1v) is 14.0. The summed E-state index contributed by atoms with van der Waals surface area (Å²) in [5.41, 5.74) is 3.37. The van der Waals surface area contributed by atoms with Crippen LogP contribution in [-0.4, -0.2) is 5.91 Å². The van der Waals surface area contributed by atoms with Gasteiger partial charge in [0.1, 0.15) is 36.4 Å². The van der Waals surface area contributed by atoms with Crippen molar-refractivity contribution < 1.29 is 14.3 Å². The molecule has 0 aliphatic rings. The Morgan fingerprint density at radius 3 is 2.11 bits per heavy atom. The van der Waals surface area contributed by atoms with Crippen LogP contribution in [0.4, 0.5) is 5.69 Å². The molecular formula is C30H21ClI2N2O3. The predicted octanol–water partition coefficient (Wildman–Crippen LogP) is 8.25. The van der Waals surface area contributed by atoms with E-state index in [0.29, 0.717) is 29.7 Å². The van der Waals surface area contributed by atoms with Crippen molar-refractivity contribution in [2.24, 2.45) is 0 Å². The standard InChI is InChI=1S/C30H21ClI2N2O3/c31-24-8-6-21(7-9-24)19-38-29-27(32)15-22(16-28(29)33)14-23(17-34)30(36)35-25-10-12-26(13-11-25)37-18-20-4-2-1-3-5-20/h1-16H,18-19H2,(H,35,36)/b23-14+. The number of carbonyl (C=O) groups excluding carboxylic acids is 1. The van der Waals surface area contributed by atoms with Crippen LogP contribution < -0.4 is 14.8 Å². The Morgan fingerprint density at radius 2 is 1.47 bits per heavy atom. The summed E-state index contributed by atoms with van der Waals surface area (Å²) in [6.07, 6.45) is 1.57. The van der Waals surface area contributed by atoms with Crippen molar-refractivity contribution in [3.8, 4) is 17.6 Å². The molecule has 0 aromatic heterocycles. The number of hydrogen-bond donors (Lipinski definition) is 1. The third-order valence-electron chi connectivity index (χ3n) is 5.35. The summed E-state index contributed by atoms with van der Waals surface area (Å²) in [6, 6.07) is 30.2. The summed E-state index contributed by atoms with van der Waals surface area (Å²) in [4.78, 5) is 12.8. The largest absolute Gasteiger partial charge is 0.489 e. The van der Waals surface area contributed by atoms with Crippen LogP contribution in [0.25, 0.3) is 6.08 Å². The van der Waals surface area contributed by atoms with Crippen molar-refractivity contribution in [2.45, 2.75) is 13.2 Å². The summed E-state index contributed by atoms with van der Waals surface area (Å²) in [5, 5.41) is 13.1. The fourth-order valence-electron chi connectivity index (χ4n) is 3.43. The van der Waals surface area contributed by atoms with Gasteiger partial charge < -0.3 is 14.8 Å². The van der Waals surface area contributed by atoms with E-state index in [9.17, 15) is 10.1 Å². The second kappa shape index (κ2) is 13.6. The lowest BCUT2D eigenvalue weighted by Crippen LogP contribution is -2.13. The minimum atomic E-state index is -0.487. The molecule has 0 bridgehead atoms. The number of halogens is 3. The Morgan fingerprint density at radius 1 is 0.868 bits per heavy atom. The first kappa shape index (κ1) is 28.0. The number of carbonyl (C=O) groups is 1. The van der Waals surface area contributed by atoms with Crippen LogP contribution >= 0.6 is 56.8 Å². The SMILES string of the molecule is N#C/C(=C\c1cc(I)c(OCc2ccc(Cl)cc2)c(I)c1)C(=O)Nc1ccc(OCc2ccccc2)cc1. The second-order valence-electron chi connectivity index (χ2n) is 8.15. The smallest absolute Gasteiger partial charge is 0.266 e. The lowest BCUT2D eigenvalue weighted by atomic mass is 10.1. The van der Waals surface area contributed by atoms with Gasteiger partial charge in [-0.2, -0.15) is 5.26 Å². The van der Waals surface area contributed by atoms with E-state index in [0.717, 1.165) is 29.6 Å². The van der Waals surface area contributed by atoms with Crippen molar-refractivity contribution in [1.82, 2.24) is 0 Å². The molecule has 0 aliphatic heterocycles. The third-order valence-corrected chi connectivity index (χ3v) is 7.21. The lowest BCUT2D eigenvalue weighted by Gasteiger charge is -2.12. The van der Waals surface area contributed by atoms with Gasteiger partial charge >= 0.3 is 0 Å². The summed E-state index contributed by atoms with van der Waals surface area (Å²) in [5.74, 6) is 0.944. The number of anilines is 1. The van der Waals surface area contributed by atoms with Crippen LogP contribution in [0.2, 0.25) is 5.02 Å². The molecule has 8 heteroatoms. The fourth-order valence-corrected chi connectivity index (χ4v) is 5.68. The molecule has 190 valence electrons. The summed E-state index contributed by atoms with van der Waals surface area (Å²) in [6.45, 7) is 0.858. The monoisotopic (exact) mass is 746 g/mol. The predicted molar refractivity (Wildman–Crippen MR) is 167 cm³/mol. The molecule has 38 heavy (non-hydrogen) atoms. The molecule has 0 spiro atoms. The van der Waals surface area contributed by atoms with Crippen LogP contribution in [0.3, 0.4) is 0 Å². The van der Waals surface area contributed by atoms with Crippen LogP contribution in [0.1, 0.15) is 16.7 Å². The fraction of sp³-hybridized carbons (Fsp3) is 0.0667. The van der Waals surface area contributed by atoms with Gasteiger partial charge in [0.25, 0.3) is 5.91 Å². The number of ether oxygens (including phenoxy) is 2. The highest BCUT2D eigenvalue weighted by molar-refractivity contribution is 14.1. The van der Waals surface area contributed by atoms with E-state index in [4.69, 9.17) is 21.1 Å². The molecule has 0 unspecified atom stereocenters. The molecule has 5 nitrogen and oxygen atoms in total. The molecule has 1 amide bonds. The molecule has 0 fully saturated rings. The molecule has 4 aromatic carbocycles. The molecular weight excluding hydrogens is 726 g/mol. The van der Waals surface area contributed by atoms with Gasteiger partial charge in [-0.05, 0) is 116 Å². The van der Waals surface area contributed by atoms with E-state index in [2.05, 4.69) is 50.5 Å². The normalized spacial score (nSPS) is 10.9. The number of nitrogens with one attached hydrogen (secondary N) is 1. The number of hydrogen-bond acceptors (Lipinski definition) is 4. The van der Waals surface area contributed by atoms with Gasteiger partial charge in [0, 0.05) is 10.7 Å². The van der Waals surface area contributed by atoms with Gasteiger partial charge in [0.05, 0.1) is 7.14 Å². The average molecular weight is 747 g/mol. The number of benzene rings is 4. The summed E-state index contributed by atoms with van der Waals surface area (Å²) < 4.78 is 13.6. The number of amides is 1. The van der Waals surface area contributed by atoms with Crippen molar-refractivity contribution in [3.63, 3.8) is 0 Å². The van der Waals surface area contributed by atoms with Crippen molar-refractivity contribution >= 4 is 74.5 Å². The van der Waals surface area contributed by atoms with E-state index in [-0.39, 0.29) is 5.57 Å². The van der Waals surface area contributed by atoms with Crippen molar-refractivity contribution in [1.29, 1.82) is 5.26 Å². The van der Waals surface area contributed by atoms with Gasteiger partial charge in [0.2, 0.25) is 0 Å². The van der Waals surface area contributed by atoms with E-state index in [1.807, 2.05) is 72.8 Å². The minimum Gasteiger partial charge on any atom is -0.489 e. The van der Waals surface area contributed by atoms with Crippen molar-refractivity contribution in [3.05, 3.63) is 125 Å². The average Bonchev–Trinajstić information content (AvgIpc) is 2.92. The van der Waals surface area contributed by atoms with E-state index >= 15 is 0 Å². The van der Waals surface area contributed by atoms with Gasteiger partial charge in [-0.1, -0.05) is 54.1 Å². The Labute approximate surface area is 253 Å². The molecule has 4 rings (SSSR count). The van der Waals surface area contributed by atoms with Crippen LogP contribution in [0, 0.1) is 18.5 Å². The van der Waals surface area contributed by atoms with Gasteiger partial charge in [-0.3, -0.25) is 4.79 Å². The van der Waals surface area contributed by atoms with Crippen LogP contribution in [-0.2, 0) is 18.0 Å². The zero-order valence-corrected chi connectivity index (χ0v) is 25.0. The zero-order chi connectivity index (χ0) is 26.9. The van der Waals surface area contributed by atoms with Crippen LogP contribution in [0.5, 0.6) is 11.5 Å². The molecule has 4 aromatic rings. The molecule has 0 heterocycles. The minimum absolute atomic E-state index is 0.00385. The Balaban J connectivity index is 1.39. The van der Waals surface area contributed by atoms with Crippen LogP contribution in [0.15, 0.2) is 96.6 Å². The van der Waals surface area contributed by atoms with E-state index in [1.165, 1.54) is 0 Å². The van der Waals surface area contributed by atoms with Gasteiger partial charge in [0.15, 0.2) is 0 Å². The van der Waals surface area contributed by atoms with Crippen molar-refractivity contribution in [2.75, 3.05) is 5.32 Å². The second-order valence-corrected chi connectivity index (χ2v) is 10.9. The quantitative estimate of drug-likeness (QED) is 0.106. The first-order chi connectivity index (χ1) is 18.4. The molecule has 0 aliphatic carbocycles. The summed E-state index contributed by atoms with van der Waals surface area (Å²) in [7, 11) is 0. The number of nitriles is 1. The third kappa shape index (κ3) is 7.96. The highest BCUT2D eigenvalue weighted by atomic mass is 127. The maximum absolute atomic E-state index is 12.8. The van der Waals surface area contributed by atoms with Gasteiger partial charge in [-0.15, -0.1) is 0 Å². The highest BCUT2D eigenvalue weighted by Crippen LogP contribution is 2.31. The highest BCUT2D eigenvalue weighted by Gasteiger charge is 2.13. The topological polar surface area (TPSA) is 71.3 Å². The molecule has 0 saturated carbocycles.